The second-order valence-corrected chi connectivity index (χ2v) is 5.41. The van der Waals surface area contributed by atoms with E-state index in [0.717, 1.165) is 4.88 Å². The summed E-state index contributed by atoms with van der Waals surface area (Å²) in [4.78, 5) is 16.6. The van der Waals surface area contributed by atoms with Crippen LogP contribution < -0.4 is 4.74 Å². The first-order valence-corrected chi connectivity index (χ1v) is 7.56. The molecule has 0 fully saturated rings. The summed E-state index contributed by atoms with van der Waals surface area (Å²) in [5, 5.41) is 1.89. The van der Waals surface area contributed by atoms with Gasteiger partial charge in [-0.3, -0.25) is 4.79 Å². The molecule has 7 heteroatoms. The van der Waals surface area contributed by atoms with E-state index in [1.165, 1.54) is 23.5 Å². The van der Waals surface area contributed by atoms with Gasteiger partial charge in [-0.1, -0.05) is 13.0 Å². The van der Waals surface area contributed by atoms with Gasteiger partial charge in [-0.15, -0.1) is 11.3 Å². The van der Waals surface area contributed by atoms with Gasteiger partial charge in [0.2, 0.25) is 11.7 Å². The number of halogens is 1. The van der Waals surface area contributed by atoms with Gasteiger partial charge in [0, 0.05) is 12.0 Å². The molecule has 0 aliphatic rings. The normalized spacial score (nSPS) is 10.2. The van der Waals surface area contributed by atoms with Crippen molar-refractivity contribution >= 4 is 46.9 Å². The molecule has 0 saturated heterocycles. The summed E-state index contributed by atoms with van der Waals surface area (Å²) < 4.78 is 24.0. The summed E-state index contributed by atoms with van der Waals surface area (Å²) in [5.74, 6) is 0.0789. The molecule has 2 heterocycles. The van der Waals surface area contributed by atoms with Gasteiger partial charge in [-0.25, -0.2) is 4.39 Å². The Kier molecular flexibility index (Phi) is 6.12. The Morgan fingerprint density at radius 1 is 1.30 bits per heavy atom. The number of hydrogen-bond acceptors (Lipinski definition) is 5. The zero-order valence-corrected chi connectivity index (χ0v) is 12.5. The summed E-state index contributed by atoms with van der Waals surface area (Å²) in [6.07, 6.45) is 0.239. The van der Waals surface area contributed by atoms with Crippen LogP contribution >= 0.6 is 11.3 Å². The molecule has 0 unspecified atom stereocenters. The fraction of sp³-hybridized carbons (Fsp3) is 0.125. The van der Waals surface area contributed by atoms with Crippen LogP contribution in [0.15, 0.2) is 46.2 Å². The Bertz CT molecular complexity index is 784. The Morgan fingerprint density at radius 2 is 2.04 bits per heavy atom. The van der Waals surface area contributed by atoms with Gasteiger partial charge in [0.15, 0.2) is 0 Å². The molecule has 3 rings (SSSR count). The standard InChI is InChI=1S/C16H12FNO3S.Na.H/c1-2-13(19)20-16-14(12-4-3-9-22-12)21-15(18-16)10-5-7-11(17)8-6-10;;/h3-9H,2H2,1H3;;. The molecule has 0 saturated carbocycles. The minimum absolute atomic E-state index is 0. The van der Waals surface area contributed by atoms with Crippen molar-refractivity contribution < 1.29 is 18.3 Å². The fourth-order valence-electron chi connectivity index (χ4n) is 1.83. The molecule has 0 radical (unpaired) electrons. The van der Waals surface area contributed by atoms with Gasteiger partial charge in [-0.05, 0) is 35.7 Å². The molecule has 114 valence electrons. The number of rotatable bonds is 4. The number of ether oxygens (including phenoxy) is 1. The topological polar surface area (TPSA) is 52.3 Å². The summed E-state index contributed by atoms with van der Waals surface area (Å²) in [6, 6.07) is 9.48. The number of carbonyl (C=O) groups is 1. The van der Waals surface area contributed by atoms with E-state index >= 15 is 0 Å². The summed E-state index contributed by atoms with van der Waals surface area (Å²) >= 11 is 1.45. The first-order chi connectivity index (χ1) is 10.7. The first kappa shape index (κ1) is 17.9. The Morgan fingerprint density at radius 3 is 2.65 bits per heavy atom. The number of esters is 1. The molecule has 1 aromatic carbocycles. The Labute approximate surface area is 158 Å². The van der Waals surface area contributed by atoms with Gasteiger partial charge in [0.1, 0.15) is 5.82 Å². The zero-order valence-electron chi connectivity index (χ0n) is 11.7. The van der Waals surface area contributed by atoms with Crippen LogP contribution in [0.5, 0.6) is 5.88 Å². The van der Waals surface area contributed by atoms with Crippen LogP contribution in [0, 0.1) is 5.82 Å². The summed E-state index contributed by atoms with van der Waals surface area (Å²) in [7, 11) is 0. The first-order valence-electron chi connectivity index (χ1n) is 6.68. The molecule has 0 aliphatic carbocycles. The van der Waals surface area contributed by atoms with Crippen LogP contribution in [0.4, 0.5) is 4.39 Å². The molecule has 4 nitrogen and oxygen atoms in total. The maximum absolute atomic E-state index is 13.0. The van der Waals surface area contributed by atoms with Gasteiger partial charge in [-0.2, -0.15) is 4.98 Å². The van der Waals surface area contributed by atoms with Crippen molar-refractivity contribution in [1.29, 1.82) is 0 Å². The summed E-state index contributed by atoms with van der Waals surface area (Å²) in [6.45, 7) is 1.70. The number of benzene rings is 1. The predicted octanol–water partition coefficient (Wildman–Crippen LogP) is 3.88. The average Bonchev–Trinajstić information content (AvgIpc) is 3.17. The van der Waals surface area contributed by atoms with Crippen LogP contribution in [0.2, 0.25) is 0 Å². The Balaban J connectivity index is 0.00000192. The number of hydrogen-bond donors (Lipinski definition) is 0. The monoisotopic (exact) mass is 341 g/mol. The Hall–Kier alpha value is -1.47. The predicted molar refractivity (Wildman–Crippen MR) is 88.3 cm³/mol. The number of carbonyl (C=O) groups excluding carboxylic acids is 1. The van der Waals surface area contributed by atoms with Crippen molar-refractivity contribution in [2.45, 2.75) is 13.3 Å². The van der Waals surface area contributed by atoms with Gasteiger partial charge in [0.05, 0.1) is 4.88 Å². The molecular weight excluding hydrogens is 328 g/mol. The third kappa shape index (κ3) is 4.09. The van der Waals surface area contributed by atoms with Crippen molar-refractivity contribution in [2.24, 2.45) is 0 Å². The van der Waals surface area contributed by atoms with Crippen molar-refractivity contribution in [2.75, 3.05) is 0 Å². The van der Waals surface area contributed by atoms with E-state index in [0.29, 0.717) is 11.3 Å². The molecule has 0 N–H and O–H groups in total. The number of nitrogens with zero attached hydrogens (tertiary/aromatic N) is 1. The van der Waals surface area contributed by atoms with Gasteiger partial charge < -0.3 is 9.15 Å². The van der Waals surface area contributed by atoms with E-state index < -0.39 is 5.97 Å². The molecule has 0 amide bonds. The van der Waals surface area contributed by atoms with Gasteiger partial charge in [0.25, 0.3) is 5.88 Å². The SMILES string of the molecule is CCC(=O)Oc1nc(-c2ccc(F)cc2)oc1-c1cccs1.[NaH]. The van der Waals surface area contributed by atoms with Crippen LogP contribution in [0.25, 0.3) is 22.1 Å². The second-order valence-electron chi connectivity index (χ2n) is 4.47. The van der Waals surface area contributed by atoms with Crippen LogP contribution in [-0.4, -0.2) is 40.5 Å². The quantitative estimate of drug-likeness (QED) is 0.534. The van der Waals surface area contributed by atoms with Crippen LogP contribution in [-0.2, 0) is 4.79 Å². The molecule has 0 atom stereocenters. The van der Waals surface area contributed by atoms with E-state index in [2.05, 4.69) is 4.98 Å². The average molecular weight is 341 g/mol. The minimum atomic E-state index is -0.392. The van der Waals surface area contributed by atoms with Crippen LogP contribution in [0.3, 0.4) is 0 Å². The van der Waals surface area contributed by atoms with Gasteiger partial charge >= 0.3 is 35.5 Å². The van der Waals surface area contributed by atoms with E-state index in [1.807, 2.05) is 17.5 Å². The number of aromatic nitrogens is 1. The fourth-order valence-corrected chi connectivity index (χ4v) is 2.53. The van der Waals surface area contributed by atoms with E-state index in [9.17, 15) is 9.18 Å². The second kappa shape index (κ2) is 7.88. The third-order valence-corrected chi connectivity index (χ3v) is 3.80. The maximum atomic E-state index is 13.0. The number of oxazole rings is 1. The molecule has 3 aromatic rings. The van der Waals surface area contributed by atoms with E-state index in [1.54, 1.807) is 19.1 Å². The molecule has 23 heavy (non-hydrogen) atoms. The summed E-state index contributed by atoms with van der Waals surface area (Å²) in [5.41, 5.74) is 0.609. The molecule has 2 aromatic heterocycles. The molecule has 0 aliphatic heterocycles. The van der Waals surface area contributed by atoms with E-state index in [4.69, 9.17) is 9.15 Å². The molecule has 0 spiro atoms. The van der Waals surface area contributed by atoms with Crippen molar-refractivity contribution in [1.82, 2.24) is 4.98 Å². The van der Waals surface area contributed by atoms with Crippen LogP contribution in [0.1, 0.15) is 13.3 Å². The molecular formula is C16H13FNNaO3S. The molecule has 0 bridgehead atoms. The zero-order chi connectivity index (χ0) is 15.5. The van der Waals surface area contributed by atoms with Crippen molar-refractivity contribution in [3.05, 3.63) is 47.6 Å². The van der Waals surface area contributed by atoms with Crippen molar-refractivity contribution in [3.8, 4) is 28.0 Å². The van der Waals surface area contributed by atoms with Crippen molar-refractivity contribution in [3.63, 3.8) is 0 Å². The number of thiophene rings is 1. The third-order valence-electron chi connectivity index (χ3n) is 2.93. The van der Waals surface area contributed by atoms with E-state index in [-0.39, 0.29) is 53.6 Å².